The fourth-order valence-corrected chi connectivity index (χ4v) is 1.97. The second-order valence-electron chi connectivity index (χ2n) is 4.17. The van der Waals surface area contributed by atoms with E-state index in [1.54, 1.807) is 6.08 Å². The molecule has 0 aromatic heterocycles. The number of allylic oxidation sites excluding steroid dienone is 1. The summed E-state index contributed by atoms with van der Waals surface area (Å²) in [7, 11) is 0. The van der Waals surface area contributed by atoms with Gasteiger partial charge in [-0.2, -0.15) is 0 Å². The van der Waals surface area contributed by atoms with Crippen LogP contribution in [0.3, 0.4) is 0 Å². The van der Waals surface area contributed by atoms with Crippen LogP contribution in [0.5, 0.6) is 5.75 Å². The molecular formula is C15H15NO3. The second kappa shape index (κ2) is 5.52. The third kappa shape index (κ3) is 2.73. The van der Waals surface area contributed by atoms with E-state index in [9.17, 15) is 10.1 Å². The van der Waals surface area contributed by atoms with E-state index >= 15 is 0 Å². The fourth-order valence-electron chi connectivity index (χ4n) is 1.97. The standard InChI is InChI=1S/C15H15NO3/c1-3-19-15-9-8-12-6-4-5-7-13(12)14(15)10-11(2)16(17)18/h4-10H,3H2,1-2H3/b11-10+. The summed E-state index contributed by atoms with van der Waals surface area (Å²) in [5.74, 6) is 0.669. The zero-order chi connectivity index (χ0) is 13.8. The lowest BCUT2D eigenvalue weighted by Crippen LogP contribution is -1.97. The minimum Gasteiger partial charge on any atom is -0.493 e. The number of rotatable bonds is 4. The van der Waals surface area contributed by atoms with E-state index in [0.29, 0.717) is 12.4 Å². The Morgan fingerprint density at radius 2 is 2.05 bits per heavy atom. The lowest BCUT2D eigenvalue weighted by Gasteiger charge is -2.10. The van der Waals surface area contributed by atoms with Gasteiger partial charge < -0.3 is 4.74 Å². The van der Waals surface area contributed by atoms with E-state index in [0.717, 1.165) is 16.3 Å². The summed E-state index contributed by atoms with van der Waals surface area (Å²) in [5, 5.41) is 12.8. The van der Waals surface area contributed by atoms with E-state index in [-0.39, 0.29) is 5.70 Å². The Morgan fingerprint density at radius 3 is 2.74 bits per heavy atom. The molecule has 0 unspecified atom stereocenters. The molecule has 0 bridgehead atoms. The highest BCUT2D eigenvalue weighted by Gasteiger charge is 2.10. The average molecular weight is 257 g/mol. The van der Waals surface area contributed by atoms with Gasteiger partial charge in [-0.15, -0.1) is 0 Å². The first kappa shape index (κ1) is 13.1. The molecule has 0 aliphatic carbocycles. The number of hydrogen-bond donors (Lipinski definition) is 0. The molecule has 98 valence electrons. The summed E-state index contributed by atoms with van der Waals surface area (Å²) in [6.07, 6.45) is 1.56. The van der Waals surface area contributed by atoms with E-state index in [2.05, 4.69) is 0 Å². The van der Waals surface area contributed by atoms with Gasteiger partial charge >= 0.3 is 0 Å². The van der Waals surface area contributed by atoms with Crippen molar-refractivity contribution in [3.05, 3.63) is 57.8 Å². The Bertz CT molecular complexity index is 647. The molecule has 0 spiro atoms. The van der Waals surface area contributed by atoms with Gasteiger partial charge in [0.1, 0.15) is 5.75 Å². The topological polar surface area (TPSA) is 52.4 Å². The van der Waals surface area contributed by atoms with Gasteiger partial charge in [-0.1, -0.05) is 30.3 Å². The molecule has 0 heterocycles. The first-order chi connectivity index (χ1) is 9.13. The lowest BCUT2D eigenvalue weighted by atomic mass is 10.0. The number of fused-ring (bicyclic) bond motifs is 1. The van der Waals surface area contributed by atoms with Crippen molar-refractivity contribution in [2.45, 2.75) is 13.8 Å². The summed E-state index contributed by atoms with van der Waals surface area (Å²) < 4.78 is 5.56. The first-order valence-electron chi connectivity index (χ1n) is 6.10. The Morgan fingerprint density at radius 1 is 1.32 bits per heavy atom. The van der Waals surface area contributed by atoms with Gasteiger partial charge in [0.25, 0.3) is 0 Å². The van der Waals surface area contributed by atoms with Crippen molar-refractivity contribution in [1.82, 2.24) is 0 Å². The minimum absolute atomic E-state index is 0.0947. The Labute approximate surface area is 111 Å². The molecular weight excluding hydrogens is 242 g/mol. The SMILES string of the molecule is CCOc1ccc2ccccc2c1/C=C(\C)[N+](=O)[O-]. The third-order valence-corrected chi connectivity index (χ3v) is 2.87. The monoisotopic (exact) mass is 257 g/mol. The van der Waals surface area contributed by atoms with Crippen molar-refractivity contribution in [2.24, 2.45) is 0 Å². The number of benzene rings is 2. The minimum atomic E-state index is -0.391. The lowest BCUT2D eigenvalue weighted by molar-refractivity contribution is -0.422. The van der Waals surface area contributed by atoms with Gasteiger partial charge in [-0.25, -0.2) is 0 Å². The molecule has 0 amide bonds. The number of ether oxygens (including phenoxy) is 1. The van der Waals surface area contributed by atoms with Gasteiger partial charge in [-0.05, 0) is 23.8 Å². The molecule has 19 heavy (non-hydrogen) atoms. The van der Waals surface area contributed by atoms with Crippen LogP contribution < -0.4 is 4.74 Å². The van der Waals surface area contributed by atoms with Crippen molar-refractivity contribution in [1.29, 1.82) is 0 Å². The normalized spacial score (nSPS) is 11.6. The molecule has 0 saturated heterocycles. The van der Waals surface area contributed by atoms with Gasteiger partial charge in [0.05, 0.1) is 11.5 Å². The third-order valence-electron chi connectivity index (χ3n) is 2.87. The molecule has 2 aromatic rings. The van der Waals surface area contributed by atoms with Crippen molar-refractivity contribution >= 4 is 16.8 Å². The maximum absolute atomic E-state index is 10.8. The number of hydrogen-bond acceptors (Lipinski definition) is 3. The van der Waals surface area contributed by atoms with Crippen LogP contribution in [0, 0.1) is 10.1 Å². The molecule has 0 atom stereocenters. The van der Waals surface area contributed by atoms with Crippen molar-refractivity contribution in [3.8, 4) is 5.75 Å². The van der Waals surface area contributed by atoms with E-state index in [1.807, 2.05) is 43.3 Å². The predicted molar refractivity (Wildman–Crippen MR) is 75.8 cm³/mol. The molecule has 2 rings (SSSR count). The molecule has 0 N–H and O–H groups in total. The smallest absolute Gasteiger partial charge is 0.243 e. The molecule has 0 fully saturated rings. The highest BCUT2D eigenvalue weighted by molar-refractivity contribution is 5.93. The van der Waals surface area contributed by atoms with Gasteiger partial charge in [0, 0.05) is 18.6 Å². The predicted octanol–water partition coefficient (Wildman–Crippen LogP) is 3.88. The first-order valence-corrected chi connectivity index (χ1v) is 6.10. The largest absolute Gasteiger partial charge is 0.493 e. The summed E-state index contributed by atoms with van der Waals surface area (Å²) in [6.45, 7) is 3.90. The van der Waals surface area contributed by atoms with E-state index in [1.165, 1.54) is 6.92 Å². The van der Waals surface area contributed by atoms with Gasteiger partial charge in [-0.3, -0.25) is 10.1 Å². The summed E-state index contributed by atoms with van der Waals surface area (Å²) >= 11 is 0. The van der Waals surface area contributed by atoms with Crippen LogP contribution in [0.25, 0.3) is 16.8 Å². The fraction of sp³-hybridized carbons (Fsp3) is 0.200. The van der Waals surface area contributed by atoms with Crippen LogP contribution in [0.2, 0.25) is 0 Å². The van der Waals surface area contributed by atoms with Gasteiger partial charge in [0.15, 0.2) is 0 Å². The van der Waals surface area contributed by atoms with E-state index < -0.39 is 4.92 Å². The highest BCUT2D eigenvalue weighted by atomic mass is 16.6. The van der Waals surface area contributed by atoms with Crippen LogP contribution in [0.1, 0.15) is 19.4 Å². The van der Waals surface area contributed by atoms with Crippen LogP contribution in [0.15, 0.2) is 42.1 Å². The summed E-state index contributed by atoms with van der Waals surface area (Å²) in [5.41, 5.74) is 0.853. The molecule has 0 radical (unpaired) electrons. The highest BCUT2D eigenvalue weighted by Crippen LogP contribution is 2.30. The maximum Gasteiger partial charge on any atom is 0.243 e. The Hall–Kier alpha value is -2.36. The number of nitro groups is 1. The molecule has 2 aromatic carbocycles. The van der Waals surface area contributed by atoms with E-state index in [4.69, 9.17) is 4.74 Å². The number of nitrogens with zero attached hydrogens (tertiary/aromatic N) is 1. The second-order valence-corrected chi connectivity index (χ2v) is 4.17. The molecule has 4 heteroatoms. The van der Waals surface area contributed by atoms with Crippen LogP contribution in [-0.4, -0.2) is 11.5 Å². The Kier molecular flexibility index (Phi) is 3.80. The van der Waals surface area contributed by atoms with Crippen molar-refractivity contribution in [3.63, 3.8) is 0 Å². The van der Waals surface area contributed by atoms with Crippen molar-refractivity contribution in [2.75, 3.05) is 6.61 Å². The maximum atomic E-state index is 10.8. The average Bonchev–Trinajstić information content (AvgIpc) is 2.41. The van der Waals surface area contributed by atoms with Crippen LogP contribution in [0.4, 0.5) is 0 Å². The molecule has 0 aliphatic rings. The molecule has 0 aliphatic heterocycles. The quantitative estimate of drug-likeness (QED) is 0.617. The zero-order valence-electron chi connectivity index (χ0n) is 10.9. The van der Waals surface area contributed by atoms with Crippen LogP contribution >= 0.6 is 0 Å². The molecule has 4 nitrogen and oxygen atoms in total. The molecule has 0 saturated carbocycles. The summed E-state index contributed by atoms with van der Waals surface area (Å²) in [6, 6.07) is 11.6. The summed E-state index contributed by atoms with van der Waals surface area (Å²) in [4.78, 5) is 10.4. The van der Waals surface area contributed by atoms with Crippen LogP contribution in [-0.2, 0) is 0 Å². The Balaban J connectivity index is 2.68. The van der Waals surface area contributed by atoms with Gasteiger partial charge in [0.2, 0.25) is 5.70 Å². The zero-order valence-corrected chi connectivity index (χ0v) is 10.9. The van der Waals surface area contributed by atoms with Crippen molar-refractivity contribution < 1.29 is 9.66 Å².